The maximum absolute atomic E-state index is 13.8. The van der Waals surface area contributed by atoms with Crippen LogP contribution in [0.3, 0.4) is 0 Å². The molecule has 1 atom stereocenters. The van der Waals surface area contributed by atoms with Crippen LogP contribution in [-0.2, 0) is 6.54 Å². The van der Waals surface area contributed by atoms with Crippen LogP contribution in [-0.4, -0.2) is 11.7 Å². The molecule has 1 aromatic heterocycles. The number of rotatable bonds is 4. The summed E-state index contributed by atoms with van der Waals surface area (Å²) in [5.74, 6) is 0.269. The molecule has 0 aliphatic carbocycles. The molecule has 0 saturated carbocycles. The Hall–Kier alpha value is -1.81. The first-order chi connectivity index (χ1) is 8.60. The topological polar surface area (TPSA) is 40.2 Å². The fraction of sp³-hybridized carbons (Fsp3) is 0.286. The molecule has 0 aliphatic rings. The van der Waals surface area contributed by atoms with Gasteiger partial charge in [0.1, 0.15) is 11.6 Å². The number of nitrogens with zero attached hydrogens (tertiary/aromatic N) is 1. The average molecular weight is 248 g/mol. The van der Waals surface area contributed by atoms with Gasteiger partial charge in [0, 0.05) is 36.6 Å². The van der Waals surface area contributed by atoms with E-state index in [9.17, 15) is 4.39 Å². The molecule has 4 heteroatoms. The predicted molar refractivity (Wildman–Crippen MR) is 69.1 cm³/mol. The van der Waals surface area contributed by atoms with Crippen LogP contribution in [0.4, 0.5) is 4.39 Å². The van der Waals surface area contributed by atoms with Crippen molar-refractivity contribution in [1.29, 1.82) is 0 Å². The van der Waals surface area contributed by atoms with Crippen LogP contribution in [0.2, 0.25) is 0 Å². The lowest BCUT2D eigenvalue weighted by Crippen LogP contribution is -2.04. The molecule has 2 N–H and O–H groups in total. The molecule has 0 bridgehead atoms. The van der Waals surface area contributed by atoms with E-state index in [-0.39, 0.29) is 11.9 Å². The minimum Gasteiger partial charge on any atom is -0.497 e. The van der Waals surface area contributed by atoms with Crippen LogP contribution < -0.4 is 10.5 Å². The van der Waals surface area contributed by atoms with Crippen molar-refractivity contribution in [3.8, 4) is 5.75 Å². The molecule has 2 rings (SSSR count). The fourth-order valence-corrected chi connectivity index (χ4v) is 1.81. The molecule has 1 aromatic carbocycles. The molecule has 96 valence electrons. The standard InChI is InChI=1S/C14H17FN2O/c1-10(16)11-5-6-17(8-11)9-12-3-4-13(18-2)7-14(12)15/h3-8,10H,9,16H2,1-2H3. The number of methoxy groups -OCH3 is 1. The van der Waals surface area contributed by atoms with Crippen LogP contribution >= 0.6 is 0 Å². The molecule has 18 heavy (non-hydrogen) atoms. The number of ether oxygens (including phenoxy) is 1. The summed E-state index contributed by atoms with van der Waals surface area (Å²) in [5.41, 5.74) is 7.46. The Kier molecular flexibility index (Phi) is 3.67. The second-order valence-electron chi connectivity index (χ2n) is 4.36. The van der Waals surface area contributed by atoms with Gasteiger partial charge < -0.3 is 15.0 Å². The Morgan fingerprint density at radius 2 is 2.17 bits per heavy atom. The zero-order valence-corrected chi connectivity index (χ0v) is 10.6. The summed E-state index contributed by atoms with van der Waals surface area (Å²) in [7, 11) is 1.52. The van der Waals surface area contributed by atoms with Gasteiger partial charge in [-0.1, -0.05) is 6.07 Å². The van der Waals surface area contributed by atoms with Crippen LogP contribution in [0.5, 0.6) is 5.75 Å². The van der Waals surface area contributed by atoms with Crippen molar-refractivity contribution in [3.05, 3.63) is 53.6 Å². The summed E-state index contributed by atoms with van der Waals surface area (Å²) in [5, 5.41) is 0. The molecule has 0 saturated heterocycles. The third kappa shape index (κ3) is 2.71. The lowest BCUT2D eigenvalue weighted by molar-refractivity contribution is 0.410. The summed E-state index contributed by atoms with van der Waals surface area (Å²) in [6.45, 7) is 2.41. The molecule has 1 unspecified atom stereocenters. The molecule has 2 aromatic rings. The second kappa shape index (κ2) is 5.23. The van der Waals surface area contributed by atoms with Crippen molar-refractivity contribution in [2.75, 3.05) is 7.11 Å². The molecule has 1 heterocycles. The molecule has 0 fully saturated rings. The van der Waals surface area contributed by atoms with Crippen molar-refractivity contribution < 1.29 is 9.13 Å². The number of nitrogens with two attached hydrogens (primary N) is 1. The normalized spacial score (nSPS) is 12.4. The van der Waals surface area contributed by atoms with E-state index in [2.05, 4.69) is 0 Å². The third-order valence-electron chi connectivity index (χ3n) is 2.91. The maximum Gasteiger partial charge on any atom is 0.131 e. The lowest BCUT2D eigenvalue weighted by atomic mass is 10.2. The van der Waals surface area contributed by atoms with E-state index in [1.807, 2.05) is 30.0 Å². The smallest absolute Gasteiger partial charge is 0.131 e. The van der Waals surface area contributed by atoms with Gasteiger partial charge in [-0.2, -0.15) is 0 Å². The minimum atomic E-state index is -0.259. The van der Waals surface area contributed by atoms with Gasteiger partial charge in [0.05, 0.1) is 7.11 Å². The summed E-state index contributed by atoms with van der Waals surface area (Å²) in [4.78, 5) is 0. The molecule has 0 amide bonds. The molecular weight excluding hydrogens is 231 g/mol. The number of hydrogen-bond donors (Lipinski definition) is 1. The second-order valence-corrected chi connectivity index (χ2v) is 4.36. The zero-order valence-electron chi connectivity index (χ0n) is 10.6. The monoisotopic (exact) mass is 248 g/mol. The lowest BCUT2D eigenvalue weighted by Gasteiger charge is -2.07. The van der Waals surface area contributed by atoms with Crippen LogP contribution in [0.15, 0.2) is 36.7 Å². The Morgan fingerprint density at radius 1 is 1.39 bits per heavy atom. The van der Waals surface area contributed by atoms with Crippen molar-refractivity contribution >= 4 is 0 Å². The van der Waals surface area contributed by atoms with Gasteiger partial charge in [-0.05, 0) is 24.6 Å². The largest absolute Gasteiger partial charge is 0.497 e. The van der Waals surface area contributed by atoms with Gasteiger partial charge in [0.15, 0.2) is 0 Å². The number of benzene rings is 1. The van der Waals surface area contributed by atoms with Gasteiger partial charge >= 0.3 is 0 Å². The molecule has 0 radical (unpaired) electrons. The highest BCUT2D eigenvalue weighted by atomic mass is 19.1. The van der Waals surface area contributed by atoms with E-state index >= 15 is 0 Å². The Labute approximate surface area is 106 Å². The average Bonchev–Trinajstić information content (AvgIpc) is 2.80. The van der Waals surface area contributed by atoms with Gasteiger partial charge in [-0.15, -0.1) is 0 Å². The van der Waals surface area contributed by atoms with E-state index in [0.29, 0.717) is 17.9 Å². The first-order valence-electron chi connectivity index (χ1n) is 5.84. The highest BCUT2D eigenvalue weighted by Gasteiger charge is 2.06. The highest BCUT2D eigenvalue weighted by molar-refractivity contribution is 5.29. The summed E-state index contributed by atoms with van der Waals surface area (Å²) in [6.07, 6.45) is 3.84. The van der Waals surface area contributed by atoms with Crippen molar-refractivity contribution in [1.82, 2.24) is 4.57 Å². The van der Waals surface area contributed by atoms with E-state index in [1.165, 1.54) is 13.2 Å². The summed E-state index contributed by atoms with van der Waals surface area (Å²) >= 11 is 0. The van der Waals surface area contributed by atoms with Crippen molar-refractivity contribution in [3.63, 3.8) is 0 Å². The van der Waals surface area contributed by atoms with E-state index < -0.39 is 0 Å². The van der Waals surface area contributed by atoms with E-state index in [4.69, 9.17) is 10.5 Å². The first kappa shape index (κ1) is 12.6. The van der Waals surface area contributed by atoms with E-state index in [0.717, 1.165) is 5.56 Å². The number of aromatic nitrogens is 1. The summed E-state index contributed by atoms with van der Waals surface area (Å²) in [6, 6.07) is 6.83. The molecule has 0 spiro atoms. The van der Waals surface area contributed by atoms with Gasteiger partial charge in [-0.25, -0.2) is 4.39 Å². The molecule has 3 nitrogen and oxygen atoms in total. The molecule has 0 aliphatic heterocycles. The number of halogens is 1. The zero-order chi connectivity index (χ0) is 13.1. The minimum absolute atomic E-state index is 0.00744. The van der Waals surface area contributed by atoms with Crippen molar-refractivity contribution in [2.24, 2.45) is 5.73 Å². The van der Waals surface area contributed by atoms with E-state index in [1.54, 1.807) is 12.1 Å². The van der Waals surface area contributed by atoms with Gasteiger partial charge in [0.25, 0.3) is 0 Å². The quantitative estimate of drug-likeness (QED) is 0.903. The van der Waals surface area contributed by atoms with Gasteiger partial charge in [-0.3, -0.25) is 0 Å². The fourth-order valence-electron chi connectivity index (χ4n) is 1.81. The Balaban J connectivity index is 2.17. The summed E-state index contributed by atoms with van der Waals surface area (Å²) < 4.78 is 20.7. The first-order valence-corrected chi connectivity index (χ1v) is 5.84. The number of hydrogen-bond acceptors (Lipinski definition) is 2. The maximum atomic E-state index is 13.8. The van der Waals surface area contributed by atoms with Crippen LogP contribution in [0.25, 0.3) is 0 Å². The van der Waals surface area contributed by atoms with Crippen LogP contribution in [0, 0.1) is 5.82 Å². The van der Waals surface area contributed by atoms with Gasteiger partial charge in [0.2, 0.25) is 0 Å². The third-order valence-corrected chi connectivity index (χ3v) is 2.91. The van der Waals surface area contributed by atoms with Crippen LogP contribution in [0.1, 0.15) is 24.1 Å². The Bertz CT molecular complexity index is 534. The SMILES string of the molecule is COc1ccc(Cn2ccc(C(C)N)c2)c(F)c1. The predicted octanol–water partition coefficient (Wildman–Crippen LogP) is 2.70. The Morgan fingerprint density at radius 3 is 2.72 bits per heavy atom. The molecular formula is C14H17FN2O. The highest BCUT2D eigenvalue weighted by Crippen LogP contribution is 2.18. The van der Waals surface area contributed by atoms with Crippen molar-refractivity contribution in [2.45, 2.75) is 19.5 Å².